The second-order valence-electron chi connectivity index (χ2n) is 4.69. The van der Waals surface area contributed by atoms with Crippen LogP contribution in [0.1, 0.15) is 29.0 Å². The summed E-state index contributed by atoms with van der Waals surface area (Å²) in [6.07, 6.45) is 1.52. The molecule has 0 saturated carbocycles. The third-order valence-electron chi connectivity index (χ3n) is 3.49. The Morgan fingerprint density at radius 2 is 2.20 bits per heavy atom. The molecule has 1 aromatic carbocycles. The number of carbonyl (C=O) groups excluding carboxylic acids is 1. The zero-order chi connectivity index (χ0) is 14.1. The fraction of sp³-hybridized carbons (Fsp3) is 0.200. The van der Waals surface area contributed by atoms with Gasteiger partial charge in [-0.05, 0) is 42.0 Å². The van der Waals surface area contributed by atoms with Crippen molar-refractivity contribution in [2.75, 3.05) is 7.05 Å². The molecule has 0 unspecified atom stereocenters. The van der Waals surface area contributed by atoms with Crippen LogP contribution in [0.3, 0.4) is 0 Å². The maximum atomic E-state index is 12.5. The van der Waals surface area contributed by atoms with E-state index in [-0.39, 0.29) is 11.9 Å². The monoisotopic (exact) mass is 286 g/mol. The lowest BCUT2D eigenvalue weighted by Crippen LogP contribution is -2.29. The van der Waals surface area contributed by atoms with Crippen LogP contribution in [0, 0.1) is 0 Å². The zero-order valence-electron chi connectivity index (χ0n) is 11.2. The van der Waals surface area contributed by atoms with Crippen molar-refractivity contribution >= 4 is 27.3 Å². The zero-order valence-corrected chi connectivity index (χ0v) is 12.1. The van der Waals surface area contributed by atoms with Gasteiger partial charge < -0.3 is 9.42 Å². The van der Waals surface area contributed by atoms with E-state index in [0.29, 0.717) is 5.56 Å². The number of amides is 1. The molecule has 0 spiro atoms. The Morgan fingerprint density at radius 1 is 1.35 bits per heavy atom. The predicted molar refractivity (Wildman–Crippen MR) is 78.8 cm³/mol. The first kappa shape index (κ1) is 12.9. The summed E-state index contributed by atoms with van der Waals surface area (Å²) in [5.41, 5.74) is 1.44. The number of hydrogen-bond donors (Lipinski definition) is 0. The molecule has 0 fully saturated rings. The van der Waals surface area contributed by atoms with Gasteiger partial charge in [0.15, 0.2) is 0 Å². The molecule has 0 N–H and O–H groups in total. The number of hydrogen-bond acceptors (Lipinski definition) is 4. The Balaban J connectivity index is 1.87. The molecule has 0 aliphatic heterocycles. The minimum atomic E-state index is -0.126. The predicted octanol–water partition coefficient (Wildman–Crippen LogP) is 3.72. The van der Waals surface area contributed by atoms with Gasteiger partial charge in [-0.3, -0.25) is 4.79 Å². The van der Waals surface area contributed by atoms with Crippen molar-refractivity contribution in [3.8, 4) is 0 Å². The fourth-order valence-corrected chi connectivity index (χ4v) is 2.89. The third-order valence-corrected chi connectivity index (χ3v) is 4.38. The number of rotatable bonds is 3. The van der Waals surface area contributed by atoms with Gasteiger partial charge in [0.05, 0.1) is 6.04 Å². The van der Waals surface area contributed by atoms with Crippen LogP contribution < -0.4 is 0 Å². The van der Waals surface area contributed by atoms with Gasteiger partial charge in [0, 0.05) is 23.4 Å². The minimum Gasteiger partial charge on any atom is -0.364 e. The van der Waals surface area contributed by atoms with E-state index >= 15 is 0 Å². The highest BCUT2D eigenvalue weighted by Crippen LogP contribution is 2.24. The molecule has 1 amide bonds. The van der Waals surface area contributed by atoms with Gasteiger partial charge in [0.2, 0.25) is 0 Å². The smallest absolute Gasteiger partial charge is 0.254 e. The van der Waals surface area contributed by atoms with Gasteiger partial charge in [-0.25, -0.2) is 0 Å². The molecule has 2 aromatic heterocycles. The molecule has 2 heterocycles. The van der Waals surface area contributed by atoms with E-state index in [9.17, 15) is 4.79 Å². The van der Waals surface area contributed by atoms with E-state index in [1.54, 1.807) is 29.4 Å². The second kappa shape index (κ2) is 5.09. The Bertz CT molecular complexity index is 733. The molecule has 3 aromatic rings. The molecule has 20 heavy (non-hydrogen) atoms. The summed E-state index contributed by atoms with van der Waals surface area (Å²) in [4.78, 5) is 14.2. The van der Waals surface area contributed by atoms with Crippen LogP contribution in [0.5, 0.6) is 0 Å². The van der Waals surface area contributed by atoms with Gasteiger partial charge in [0.25, 0.3) is 5.91 Å². The number of nitrogens with zero attached hydrogens (tertiary/aromatic N) is 2. The number of carbonyl (C=O) groups is 1. The van der Waals surface area contributed by atoms with Gasteiger partial charge in [-0.2, -0.15) is 0 Å². The molecular formula is C15H14N2O2S. The Hall–Kier alpha value is -2.14. The van der Waals surface area contributed by atoms with Crippen LogP contribution in [0.2, 0.25) is 0 Å². The number of benzene rings is 1. The van der Waals surface area contributed by atoms with Crippen LogP contribution >= 0.6 is 11.3 Å². The highest BCUT2D eigenvalue weighted by Gasteiger charge is 2.21. The summed E-state index contributed by atoms with van der Waals surface area (Å²) < 4.78 is 6.02. The summed E-state index contributed by atoms with van der Waals surface area (Å²) in [6.45, 7) is 1.93. The number of aromatic nitrogens is 1. The van der Waals surface area contributed by atoms with E-state index in [4.69, 9.17) is 4.52 Å². The van der Waals surface area contributed by atoms with Crippen LogP contribution in [-0.2, 0) is 0 Å². The van der Waals surface area contributed by atoms with Crippen molar-refractivity contribution in [1.29, 1.82) is 0 Å². The van der Waals surface area contributed by atoms with Crippen molar-refractivity contribution in [2.45, 2.75) is 13.0 Å². The molecule has 0 radical (unpaired) electrons. The molecule has 1 atom stereocenters. The minimum absolute atomic E-state index is 0.0198. The highest BCUT2D eigenvalue weighted by molar-refractivity contribution is 7.17. The maximum Gasteiger partial charge on any atom is 0.254 e. The molecular weight excluding hydrogens is 272 g/mol. The van der Waals surface area contributed by atoms with Crippen molar-refractivity contribution in [3.05, 3.63) is 53.2 Å². The molecule has 0 bridgehead atoms. The van der Waals surface area contributed by atoms with Crippen molar-refractivity contribution in [3.63, 3.8) is 0 Å². The molecule has 3 rings (SSSR count). The normalized spacial score (nSPS) is 12.5. The van der Waals surface area contributed by atoms with Crippen LogP contribution in [0.15, 0.2) is 46.5 Å². The standard InChI is InChI=1S/C15H14N2O2S/c1-10(13-5-7-19-16-13)17(2)15(18)12-3-4-14-11(9-12)6-8-20-14/h3-10H,1-2H3/t10-/m0/s1. The van der Waals surface area contributed by atoms with E-state index in [1.807, 2.05) is 36.6 Å². The number of thiophene rings is 1. The molecule has 0 aliphatic rings. The van der Waals surface area contributed by atoms with Gasteiger partial charge >= 0.3 is 0 Å². The largest absolute Gasteiger partial charge is 0.364 e. The molecule has 5 heteroatoms. The van der Waals surface area contributed by atoms with E-state index in [0.717, 1.165) is 11.1 Å². The van der Waals surface area contributed by atoms with E-state index in [1.165, 1.54) is 11.0 Å². The molecule has 0 saturated heterocycles. The third kappa shape index (κ3) is 2.20. The van der Waals surface area contributed by atoms with Gasteiger partial charge in [0.1, 0.15) is 12.0 Å². The van der Waals surface area contributed by atoms with Crippen LogP contribution in [0.25, 0.3) is 10.1 Å². The van der Waals surface area contributed by atoms with Gasteiger partial charge in [-0.15, -0.1) is 11.3 Å². The lowest BCUT2D eigenvalue weighted by molar-refractivity contribution is 0.0738. The Morgan fingerprint density at radius 3 is 2.95 bits per heavy atom. The summed E-state index contributed by atoms with van der Waals surface area (Å²) in [6, 6.07) is 9.46. The lowest BCUT2D eigenvalue weighted by Gasteiger charge is -2.23. The Labute approximate surface area is 120 Å². The summed E-state index contributed by atoms with van der Waals surface area (Å²) in [5.74, 6) is -0.0198. The van der Waals surface area contributed by atoms with Crippen molar-refractivity contribution in [1.82, 2.24) is 10.1 Å². The first-order valence-electron chi connectivity index (χ1n) is 6.31. The first-order chi connectivity index (χ1) is 9.66. The molecule has 0 aliphatic carbocycles. The van der Waals surface area contributed by atoms with Crippen molar-refractivity contribution in [2.24, 2.45) is 0 Å². The van der Waals surface area contributed by atoms with Crippen LogP contribution in [0.4, 0.5) is 0 Å². The number of fused-ring (bicyclic) bond motifs is 1. The second-order valence-corrected chi connectivity index (χ2v) is 5.64. The fourth-order valence-electron chi connectivity index (χ4n) is 2.12. The Kier molecular flexibility index (Phi) is 3.28. The average molecular weight is 286 g/mol. The molecule has 102 valence electrons. The quantitative estimate of drug-likeness (QED) is 0.737. The van der Waals surface area contributed by atoms with E-state index in [2.05, 4.69) is 5.16 Å². The summed E-state index contributed by atoms with van der Waals surface area (Å²) in [5, 5.41) is 7.02. The average Bonchev–Trinajstić information content (AvgIpc) is 3.14. The van der Waals surface area contributed by atoms with Crippen LogP contribution in [-0.4, -0.2) is 23.0 Å². The summed E-state index contributed by atoms with van der Waals surface area (Å²) >= 11 is 1.67. The van der Waals surface area contributed by atoms with Crippen molar-refractivity contribution < 1.29 is 9.32 Å². The van der Waals surface area contributed by atoms with Gasteiger partial charge in [-0.1, -0.05) is 5.16 Å². The SMILES string of the molecule is C[C@@H](c1ccon1)N(C)C(=O)c1ccc2sccc2c1. The van der Waals surface area contributed by atoms with E-state index < -0.39 is 0 Å². The highest BCUT2D eigenvalue weighted by atomic mass is 32.1. The topological polar surface area (TPSA) is 46.3 Å². The maximum absolute atomic E-state index is 12.5. The summed E-state index contributed by atoms with van der Waals surface area (Å²) in [7, 11) is 1.78. The first-order valence-corrected chi connectivity index (χ1v) is 7.19. The lowest BCUT2D eigenvalue weighted by atomic mass is 10.1. The molecule has 4 nitrogen and oxygen atoms in total.